The highest BCUT2D eigenvalue weighted by atomic mass is 16.6. The van der Waals surface area contributed by atoms with Crippen LogP contribution in [0.2, 0.25) is 0 Å². The molecule has 7 nitrogen and oxygen atoms in total. The molecule has 0 aromatic carbocycles. The fraction of sp³-hybridized carbons (Fsp3) is 0.913. The van der Waals surface area contributed by atoms with Crippen LogP contribution >= 0.6 is 0 Å². The van der Waals surface area contributed by atoms with Crippen molar-refractivity contribution in [3.63, 3.8) is 0 Å². The molecule has 7 heteroatoms. The van der Waals surface area contributed by atoms with E-state index in [2.05, 4.69) is 34.4 Å². The van der Waals surface area contributed by atoms with Crippen molar-refractivity contribution in [2.24, 2.45) is 16.8 Å². The Labute approximate surface area is 184 Å². The zero-order chi connectivity index (χ0) is 22.1. The summed E-state index contributed by atoms with van der Waals surface area (Å²) in [6, 6.07) is 0.497. The number of carbonyl (C=O) groups is 1. The smallest absolute Gasteiger partial charge is 0.410 e. The van der Waals surface area contributed by atoms with Gasteiger partial charge in [0.05, 0.1) is 0 Å². The Balaban J connectivity index is 1.67. The van der Waals surface area contributed by atoms with E-state index in [0.29, 0.717) is 12.0 Å². The van der Waals surface area contributed by atoms with Gasteiger partial charge in [-0.3, -0.25) is 4.99 Å². The monoisotopic (exact) mass is 423 g/mol. The first-order valence-electron chi connectivity index (χ1n) is 11.8. The Bertz CT molecular complexity index is 550. The lowest BCUT2D eigenvalue weighted by Crippen LogP contribution is -2.49. The average molecular weight is 424 g/mol. The Kier molecular flexibility index (Phi) is 9.72. The van der Waals surface area contributed by atoms with Crippen molar-refractivity contribution < 1.29 is 9.53 Å². The maximum Gasteiger partial charge on any atom is 0.410 e. The number of hydrogen-bond acceptors (Lipinski definition) is 4. The van der Waals surface area contributed by atoms with Crippen molar-refractivity contribution in [1.82, 2.24) is 20.4 Å². The molecule has 2 heterocycles. The summed E-state index contributed by atoms with van der Waals surface area (Å²) in [6.07, 6.45) is 5.41. The molecule has 2 saturated heterocycles. The zero-order valence-electron chi connectivity index (χ0n) is 20.2. The van der Waals surface area contributed by atoms with Gasteiger partial charge >= 0.3 is 6.09 Å². The van der Waals surface area contributed by atoms with Crippen molar-refractivity contribution in [1.29, 1.82) is 0 Å². The molecule has 0 aromatic rings. The quantitative estimate of drug-likeness (QED) is 0.507. The van der Waals surface area contributed by atoms with Gasteiger partial charge in [-0.05, 0) is 64.7 Å². The molecule has 0 bridgehead atoms. The van der Waals surface area contributed by atoms with Crippen LogP contribution in [0.1, 0.15) is 66.7 Å². The number of nitrogens with one attached hydrogen (secondary N) is 2. The Morgan fingerprint density at radius 1 is 1.17 bits per heavy atom. The molecule has 2 fully saturated rings. The van der Waals surface area contributed by atoms with Crippen LogP contribution in [-0.2, 0) is 4.74 Å². The maximum absolute atomic E-state index is 12.3. The van der Waals surface area contributed by atoms with Gasteiger partial charge in [0.1, 0.15) is 5.60 Å². The second-order valence-corrected chi connectivity index (χ2v) is 10.3. The molecule has 0 aliphatic carbocycles. The first-order valence-corrected chi connectivity index (χ1v) is 11.8. The van der Waals surface area contributed by atoms with E-state index in [1.807, 2.05) is 32.7 Å². The van der Waals surface area contributed by atoms with E-state index >= 15 is 0 Å². The SMILES string of the molecule is CN=C(NCCC1CCCN(C(=O)OC(C)(C)C)C1)NC1CCN(CC(C)C)CC1. The number of hydrogen-bond donors (Lipinski definition) is 2. The third kappa shape index (κ3) is 9.11. The highest BCUT2D eigenvalue weighted by molar-refractivity contribution is 5.79. The van der Waals surface area contributed by atoms with E-state index in [1.54, 1.807) is 0 Å². The lowest BCUT2D eigenvalue weighted by molar-refractivity contribution is 0.0162. The molecule has 30 heavy (non-hydrogen) atoms. The van der Waals surface area contributed by atoms with Gasteiger partial charge in [-0.25, -0.2) is 4.79 Å². The maximum atomic E-state index is 12.3. The van der Waals surface area contributed by atoms with Gasteiger partial charge in [-0.1, -0.05) is 13.8 Å². The number of amides is 1. The van der Waals surface area contributed by atoms with Crippen LogP contribution in [0.25, 0.3) is 0 Å². The van der Waals surface area contributed by atoms with Gasteiger partial charge in [-0.15, -0.1) is 0 Å². The van der Waals surface area contributed by atoms with Gasteiger partial charge in [-0.2, -0.15) is 0 Å². The minimum atomic E-state index is -0.436. The van der Waals surface area contributed by atoms with Crippen molar-refractivity contribution in [3.05, 3.63) is 0 Å². The molecule has 1 amide bonds. The molecule has 1 unspecified atom stereocenters. The number of likely N-dealkylation sites (tertiary alicyclic amines) is 2. The molecule has 2 rings (SSSR count). The summed E-state index contributed by atoms with van der Waals surface area (Å²) in [6.45, 7) is 16.3. The third-order valence-corrected chi connectivity index (χ3v) is 5.79. The summed E-state index contributed by atoms with van der Waals surface area (Å²) < 4.78 is 5.54. The van der Waals surface area contributed by atoms with Crippen LogP contribution in [0, 0.1) is 11.8 Å². The predicted molar refractivity (Wildman–Crippen MR) is 124 cm³/mol. The van der Waals surface area contributed by atoms with Crippen LogP contribution in [0.15, 0.2) is 4.99 Å². The van der Waals surface area contributed by atoms with Gasteiger partial charge in [0, 0.05) is 52.4 Å². The summed E-state index contributed by atoms with van der Waals surface area (Å²) in [5, 5.41) is 7.08. The van der Waals surface area contributed by atoms with Crippen LogP contribution in [0.3, 0.4) is 0 Å². The van der Waals surface area contributed by atoms with Gasteiger partial charge in [0.15, 0.2) is 5.96 Å². The molecule has 0 saturated carbocycles. The molecule has 0 spiro atoms. The van der Waals surface area contributed by atoms with Crippen LogP contribution in [0.5, 0.6) is 0 Å². The van der Waals surface area contributed by atoms with Crippen molar-refractivity contribution in [2.75, 3.05) is 46.3 Å². The number of aliphatic imine (C=N–C) groups is 1. The summed E-state index contributed by atoms with van der Waals surface area (Å²) in [5.74, 6) is 2.14. The topological polar surface area (TPSA) is 69.2 Å². The van der Waals surface area contributed by atoms with Gasteiger partial charge in [0.2, 0.25) is 0 Å². The number of guanidine groups is 1. The fourth-order valence-corrected chi connectivity index (χ4v) is 4.35. The fourth-order valence-electron chi connectivity index (χ4n) is 4.35. The Morgan fingerprint density at radius 2 is 1.87 bits per heavy atom. The third-order valence-electron chi connectivity index (χ3n) is 5.79. The lowest BCUT2D eigenvalue weighted by Gasteiger charge is -2.35. The second-order valence-electron chi connectivity index (χ2n) is 10.3. The molecule has 2 N–H and O–H groups in total. The summed E-state index contributed by atoms with van der Waals surface area (Å²) in [4.78, 5) is 21.2. The number of piperidine rings is 2. The van der Waals surface area contributed by atoms with Crippen molar-refractivity contribution in [3.8, 4) is 0 Å². The minimum Gasteiger partial charge on any atom is -0.444 e. The minimum absolute atomic E-state index is 0.179. The summed E-state index contributed by atoms with van der Waals surface area (Å²) >= 11 is 0. The second kappa shape index (κ2) is 11.8. The van der Waals surface area contributed by atoms with Crippen molar-refractivity contribution >= 4 is 12.1 Å². The molecule has 0 aromatic heterocycles. The number of nitrogens with zero attached hydrogens (tertiary/aromatic N) is 3. The molecular weight excluding hydrogens is 378 g/mol. The Morgan fingerprint density at radius 3 is 2.47 bits per heavy atom. The number of ether oxygens (including phenoxy) is 1. The van der Waals surface area contributed by atoms with E-state index in [1.165, 1.54) is 25.8 Å². The normalized spacial score (nSPS) is 22.3. The zero-order valence-corrected chi connectivity index (χ0v) is 20.2. The van der Waals surface area contributed by atoms with Crippen LogP contribution < -0.4 is 10.6 Å². The van der Waals surface area contributed by atoms with E-state index in [0.717, 1.165) is 57.4 Å². The van der Waals surface area contributed by atoms with E-state index < -0.39 is 5.60 Å². The molecule has 174 valence electrons. The van der Waals surface area contributed by atoms with Gasteiger partial charge < -0.3 is 25.2 Å². The summed E-state index contributed by atoms with van der Waals surface area (Å²) in [5.41, 5.74) is -0.436. The molecule has 2 aliphatic rings. The summed E-state index contributed by atoms with van der Waals surface area (Å²) in [7, 11) is 1.84. The first kappa shape index (κ1) is 24.8. The molecule has 0 radical (unpaired) electrons. The Hall–Kier alpha value is -1.50. The highest BCUT2D eigenvalue weighted by Gasteiger charge is 2.27. The standard InChI is InChI=1S/C23H45N5O2/c1-18(2)16-27-14-10-20(11-15-27)26-21(24-6)25-12-9-19-8-7-13-28(17-19)22(29)30-23(3,4)5/h18-20H,7-17H2,1-6H3,(H2,24,25,26). The van der Waals surface area contributed by atoms with Gasteiger partial charge in [0.25, 0.3) is 0 Å². The van der Waals surface area contributed by atoms with Crippen LogP contribution in [-0.4, -0.2) is 79.8 Å². The molecule has 2 aliphatic heterocycles. The first-order chi connectivity index (χ1) is 14.2. The van der Waals surface area contributed by atoms with Crippen LogP contribution in [0.4, 0.5) is 4.79 Å². The van der Waals surface area contributed by atoms with E-state index in [-0.39, 0.29) is 6.09 Å². The lowest BCUT2D eigenvalue weighted by atomic mass is 9.95. The van der Waals surface area contributed by atoms with E-state index in [4.69, 9.17) is 4.74 Å². The largest absolute Gasteiger partial charge is 0.444 e. The number of carbonyl (C=O) groups excluding carboxylic acids is 1. The van der Waals surface area contributed by atoms with E-state index in [9.17, 15) is 4.79 Å². The number of rotatable bonds is 6. The average Bonchev–Trinajstić information content (AvgIpc) is 2.67. The predicted octanol–water partition coefficient (Wildman–Crippen LogP) is 3.31. The van der Waals surface area contributed by atoms with Crippen molar-refractivity contribution in [2.45, 2.75) is 78.4 Å². The molecule has 1 atom stereocenters. The molecular formula is C23H45N5O2. The highest BCUT2D eigenvalue weighted by Crippen LogP contribution is 2.21.